The fourth-order valence-corrected chi connectivity index (χ4v) is 6.52. The third-order valence-corrected chi connectivity index (χ3v) is 8.95. The second-order valence-electron chi connectivity index (χ2n) is 12.3. The Kier molecular flexibility index (Phi) is 6.45. The molecule has 9 rings (SSSR count). The quantitative estimate of drug-likeness (QED) is 0.130. The van der Waals surface area contributed by atoms with Crippen molar-refractivity contribution in [1.82, 2.24) is 19.9 Å². The fraction of sp³-hybridized carbons (Fsp3) is 0. The molecule has 0 aliphatic rings. The minimum atomic E-state index is 0.622. The minimum Gasteiger partial charge on any atom is -0.399 e. The van der Waals surface area contributed by atoms with E-state index < -0.39 is 0 Å². The molecular weight excluding hydrogens is 603 g/mol. The van der Waals surface area contributed by atoms with Gasteiger partial charge in [-0.05, 0) is 66.7 Å². The van der Waals surface area contributed by atoms with E-state index >= 15 is 0 Å². The van der Waals surface area contributed by atoms with Gasteiger partial charge in [-0.2, -0.15) is 0 Å². The van der Waals surface area contributed by atoms with Gasteiger partial charge in [0.1, 0.15) is 0 Å². The van der Waals surface area contributed by atoms with Gasteiger partial charge in [-0.3, -0.25) is 0 Å². The lowest BCUT2D eigenvalue weighted by Gasteiger charge is -2.11. The Morgan fingerprint density at radius 1 is 0.286 bits per heavy atom. The van der Waals surface area contributed by atoms with E-state index in [-0.39, 0.29) is 0 Å². The van der Waals surface area contributed by atoms with Gasteiger partial charge in [0, 0.05) is 60.9 Å². The lowest BCUT2D eigenvalue weighted by atomic mass is 10.0. The van der Waals surface area contributed by atoms with Crippen LogP contribution in [-0.2, 0) is 0 Å². The van der Waals surface area contributed by atoms with Crippen molar-refractivity contribution in [3.8, 4) is 45.0 Å². The van der Waals surface area contributed by atoms with E-state index in [2.05, 4.69) is 54.6 Å². The summed E-state index contributed by atoms with van der Waals surface area (Å²) < 4.78 is 0. The van der Waals surface area contributed by atoms with E-state index in [0.29, 0.717) is 17.1 Å². The highest BCUT2D eigenvalue weighted by molar-refractivity contribution is 6.05. The molecule has 0 spiro atoms. The van der Waals surface area contributed by atoms with E-state index in [0.717, 1.165) is 88.6 Å². The molecule has 49 heavy (non-hydrogen) atoms. The van der Waals surface area contributed by atoms with Crippen LogP contribution >= 0.6 is 0 Å². The monoisotopic (exact) mass is 631 g/mol. The molecular formula is C42H29N7. The molecule has 0 atom stereocenters. The standard InChI is InChI=1S/C42H29N7/c43-32-5-1-3-28(20-32)35-15-11-24-7-9-26-13-17-37(48-41(26)39(24)46-35)30-19-31(23-34(45)22-30)38-18-14-27-10-8-25-12-16-36(47-40(25)42(27)49-38)29-4-2-6-33(44)21-29/h1-23H,43-45H2. The molecule has 9 aromatic rings. The third-order valence-electron chi connectivity index (χ3n) is 8.95. The molecule has 0 unspecified atom stereocenters. The number of anilines is 3. The Hall–Kier alpha value is -6.86. The highest BCUT2D eigenvalue weighted by atomic mass is 14.8. The fourth-order valence-electron chi connectivity index (χ4n) is 6.52. The molecule has 0 saturated carbocycles. The van der Waals surface area contributed by atoms with Crippen molar-refractivity contribution in [3.63, 3.8) is 0 Å². The first-order valence-electron chi connectivity index (χ1n) is 16.0. The molecule has 0 radical (unpaired) electrons. The first kappa shape index (κ1) is 28.4. The van der Waals surface area contributed by atoms with Gasteiger partial charge in [0.15, 0.2) is 0 Å². The number of nitrogens with two attached hydrogens (primary N) is 3. The second-order valence-corrected chi connectivity index (χ2v) is 12.3. The molecule has 0 bridgehead atoms. The average Bonchev–Trinajstić information content (AvgIpc) is 3.13. The molecule has 7 heteroatoms. The van der Waals surface area contributed by atoms with Crippen LogP contribution in [0.2, 0.25) is 0 Å². The van der Waals surface area contributed by atoms with Gasteiger partial charge in [-0.15, -0.1) is 0 Å². The number of benzene rings is 5. The predicted molar refractivity (Wildman–Crippen MR) is 203 cm³/mol. The average molecular weight is 632 g/mol. The van der Waals surface area contributed by atoms with E-state index in [4.69, 9.17) is 37.1 Å². The molecule has 0 fully saturated rings. The Morgan fingerprint density at radius 2 is 0.592 bits per heavy atom. The summed E-state index contributed by atoms with van der Waals surface area (Å²) in [6.07, 6.45) is 0. The van der Waals surface area contributed by atoms with Gasteiger partial charge in [-0.25, -0.2) is 19.9 Å². The maximum Gasteiger partial charge on any atom is 0.0972 e. The van der Waals surface area contributed by atoms with Crippen molar-refractivity contribution in [2.24, 2.45) is 0 Å². The molecule has 0 saturated heterocycles. The van der Waals surface area contributed by atoms with Gasteiger partial charge in [0.25, 0.3) is 0 Å². The van der Waals surface area contributed by atoms with Crippen molar-refractivity contribution in [2.75, 3.05) is 17.2 Å². The first-order chi connectivity index (χ1) is 23.9. The van der Waals surface area contributed by atoms with Crippen LogP contribution in [0.1, 0.15) is 0 Å². The Labute approximate surface area is 281 Å². The molecule has 232 valence electrons. The summed E-state index contributed by atoms with van der Waals surface area (Å²) >= 11 is 0. The van der Waals surface area contributed by atoms with Gasteiger partial charge >= 0.3 is 0 Å². The van der Waals surface area contributed by atoms with E-state index in [1.165, 1.54) is 0 Å². The largest absolute Gasteiger partial charge is 0.399 e. The zero-order valence-corrected chi connectivity index (χ0v) is 26.3. The maximum atomic E-state index is 6.53. The van der Waals surface area contributed by atoms with E-state index in [1.807, 2.05) is 84.9 Å². The van der Waals surface area contributed by atoms with Gasteiger partial charge < -0.3 is 17.2 Å². The van der Waals surface area contributed by atoms with Crippen LogP contribution < -0.4 is 17.2 Å². The van der Waals surface area contributed by atoms with Crippen LogP contribution in [0, 0.1) is 0 Å². The van der Waals surface area contributed by atoms with E-state index in [9.17, 15) is 0 Å². The number of nitrogens with zero attached hydrogens (tertiary/aromatic N) is 4. The zero-order valence-electron chi connectivity index (χ0n) is 26.3. The Balaban J connectivity index is 1.16. The van der Waals surface area contributed by atoms with Crippen LogP contribution in [0.25, 0.3) is 88.6 Å². The lowest BCUT2D eigenvalue weighted by Crippen LogP contribution is -1.94. The molecule has 4 heterocycles. The number of nitrogen functional groups attached to an aromatic ring is 3. The van der Waals surface area contributed by atoms with Crippen molar-refractivity contribution in [3.05, 3.63) is 140 Å². The lowest BCUT2D eigenvalue weighted by molar-refractivity contribution is 1.35. The highest BCUT2D eigenvalue weighted by Gasteiger charge is 2.13. The van der Waals surface area contributed by atoms with Crippen molar-refractivity contribution in [2.45, 2.75) is 0 Å². The summed E-state index contributed by atoms with van der Waals surface area (Å²) in [5.74, 6) is 0. The number of hydrogen-bond acceptors (Lipinski definition) is 7. The number of hydrogen-bond donors (Lipinski definition) is 3. The SMILES string of the molecule is Nc1cccc(-c2ccc3ccc4ccc(-c5cc(N)cc(-c6ccc7ccc8ccc(-c9cccc(N)c9)nc8c7n6)c5)nc4c3n2)c1. The number of rotatable bonds is 4. The molecule has 6 N–H and O–H groups in total. The van der Waals surface area contributed by atoms with Crippen LogP contribution in [0.5, 0.6) is 0 Å². The minimum absolute atomic E-state index is 0.622. The van der Waals surface area contributed by atoms with Crippen LogP contribution in [0.3, 0.4) is 0 Å². The second kappa shape index (κ2) is 11.1. The molecule has 4 aromatic heterocycles. The van der Waals surface area contributed by atoms with Crippen molar-refractivity contribution >= 4 is 60.7 Å². The maximum absolute atomic E-state index is 6.53. The highest BCUT2D eigenvalue weighted by Crippen LogP contribution is 2.34. The Bertz CT molecular complexity index is 2590. The molecule has 5 aromatic carbocycles. The molecule has 0 aliphatic heterocycles. The molecule has 7 nitrogen and oxygen atoms in total. The summed E-state index contributed by atoms with van der Waals surface area (Å²) in [6.45, 7) is 0. The zero-order chi connectivity index (χ0) is 33.1. The number of pyridine rings is 4. The van der Waals surface area contributed by atoms with Gasteiger partial charge in [0.2, 0.25) is 0 Å². The summed E-state index contributed by atoms with van der Waals surface area (Å²) in [5, 5.41) is 4.03. The first-order valence-corrected chi connectivity index (χ1v) is 16.0. The van der Waals surface area contributed by atoms with Gasteiger partial charge in [0.05, 0.1) is 44.8 Å². The summed E-state index contributed by atoms with van der Waals surface area (Å²) in [6, 6.07) is 46.2. The topological polar surface area (TPSA) is 130 Å². The Morgan fingerprint density at radius 3 is 0.939 bits per heavy atom. The van der Waals surface area contributed by atoms with Crippen LogP contribution in [0.15, 0.2) is 140 Å². The van der Waals surface area contributed by atoms with Crippen LogP contribution in [0.4, 0.5) is 17.1 Å². The van der Waals surface area contributed by atoms with Crippen molar-refractivity contribution in [1.29, 1.82) is 0 Å². The molecule has 0 aliphatic carbocycles. The summed E-state index contributed by atoms with van der Waals surface area (Å²) in [4.78, 5) is 20.4. The van der Waals surface area contributed by atoms with Crippen molar-refractivity contribution < 1.29 is 0 Å². The summed E-state index contributed by atoms with van der Waals surface area (Å²) in [5.41, 5.74) is 31.0. The number of fused-ring (bicyclic) bond motifs is 6. The molecule has 0 amide bonds. The van der Waals surface area contributed by atoms with E-state index in [1.54, 1.807) is 0 Å². The van der Waals surface area contributed by atoms with Crippen LogP contribution in [-0.4, -0.2) is 19.9 Å². The normalized spacial score (nSPS) is 11.5. The smallest absolute Gasteiger partial charge is 0.0972 e. The third kappa shape index (κ3) is 5.10. The summed E-state index contributed by atoms with van der Waals surface area (Å²) in [7, 11) is 0. The predicted octanol–water partition coefficient (Wildman–Crippen LogP) is 9.29. The van der Waals surface area contributed by atoms with Gasteiger partial charge in [-0.1, -0.05) is 72.8 Å². The number of aromatic nitrogens is 4.